The van der Waals surface area contributed by atoms with Crippen molar-refractivity contribution in [2.24, 2.45) is 5.84 Å². The number of hydrazine groups is 1. The molecule has 1 amide bonds. The van der Waals surface area contributed by atoms with E-state index in [4.69, 9.17) is 5.84 Å². The fraction of sp³-hybridized carbons (Fsp3) is 0.455. The third-order valence-corrected chi connectivity index (χ3v) is 3.99. The average molecular weight is 252 g/mol. The molecule has 92 valence electrons. The van der Waals surface area contributed by atoms with Gasteiger partial charge in [0.2, 0.25) is 0 Å². The zero-order valence-corrected chi connectivity index (χ0v) is 10.5. The first-order chi connectivity index (χ1) is 8.24. The number of carbonyl (C=O) groups is 1. The number of nitrogens with one attached hydrogen (secondary N) is 1. The molecule has 1 fully saturated rings. The number of anilines is 1. The first kappa shape index (κ1) is 12.2. The van der Waals surface area contributed by atoms with Gasteiger partial charge in [-0.15, -0.1) is 0 Å². The molecule has 1 aromatic rings. The summed E-state index contributed by atoms with van der Waals surface area (Å²) >= 11 is 1.88. The van der Waals surface area contributed by atoms with Crippen molar-refractivity contribution in [3.05, 3.63) is 23.9 Å². The molecule has 1 unspecified atom stereocenters. The third-order valence-electron chi connectivity index (χ3n) is 2.80. The van der Waals surface area contributed by atoms with E-state index in [1.807, 2.05) is 16.7 Å². The van der Waals surface area contributed by atoms with Gasteiger partial charge < -0.3 is 10.3 Å². The third kappa shape index (κ3) is 2.53. The fourth-order valence-corrected chi connectivity index (χ4v) is 2.89. The lowest BCUT2D eigenvalue weighted by molar-refractivity contribution is 0.0716. The average Bonchev–Trinajstić information content (AvgIpc) is 2.38. The number of aromatic nitrogens is 1. The van der Waals surface area contributed by atoms with Crippen molar-refractivity contribution in [3.8, 4) is 0 Å². The largest absolute Gasteiger partial charge is 0.334 e. The number of thioether (sulfide) groups is 1. The number of nitrogen functional groups attached to an aromatic ring is 1. The van der Waals surface area contributed by atoms with Crippen LogP contribution in [0.5, 0.6) is 0 Å². The SMILES string of the molecule is CC1CSCCN1C(=O)c1cccnc1NN. The summed E-state index contributed by atoms with van der Waals surface area (Å²) in [6.45, 7) is 2.85. The minimum absolute atomic E-state index is 0.00106. The van der Waals surface area contributed by atoms with E-state index >= 15 is 0 Å². The van der Waals surface area contributed by atoms with Crippen LogP contribution in [0.25, 0.3) is 0 Å². The molecule has 1 aromatic heterocycles. The molecule has 5 nitrogen and oxygen atoms in total. The van der Waals surface area contributed by atoms with Gasteiger partial charge in [-0.2, -0.15) is 11.8 Å². The number of hydrogen-bond donors (Lipinski definition) is 2. The van der Waals surface area contributed by atoms with E-state index in [0.29, 0.717) is 11.4 Å². The Balaban J connectivity index is 2.23. The molecule has 3 N–H and O–H groups in total. The number of pyridine rings is 1. The van der Waals surface area contributed by atoms with Gasteiger partial charge in [0, 0.05) is 30.3 Å². The van der Waals surface area contributed by atoms with Crippen molar-refractivity contribution in [1.82, 2.24) is 9.88 Å². The highest BCUT2D eigenvalue weighted by molar-refractivity contribution is 7.99. The van der Waals surface area contributed by atoms with Crippen LogP contribution in [0.1, 0.15) is 17.3 Å². The first-order valence-electron chi connectivity index (χ1n) is 5.54. The minimum Gasteiger partial charge on any atom is -0.334 e. The number of nitrogens with two attached hydrogens (primary N) is 1. The summed E-state index contributed by atoms with van der Waals surface area (Å²) in [5, 5.41) is 0. The van der Waals surface area contributed by atoms with Crippen LogP contribution in [0.2, 0.25) is 0 Å². The molecule has 1 aliphatic rings. The maximum Gasteiger partial charge on any atom is 0.257 e. The van der Waals surface area contributed by atoms with Gasteiger partial charge >= 0.3 is 0 Å². The van der Waals surface area contributed by atoms with Gasteiger partial charge in [0.1, 0.15) is 0 Å². The maximum absolute atomic E-state index is 12.4. The zero-order chi connectivity index (χ0) is 12.3. The Labute approximate surface area is 105 Å². The van der Waals surface area contributed by atoms with Crippen LogP contribution in [0, 0.1) is 0 Å². The smallest absolute Gasteiger partial charge is 0.257 e. The highest BCUT2D eigenvalue weighted by Crippen LogP contribution is 2.20. The Hall–Kier alpha value is -1.27. The van der Waals surface area contributed by atoms with Crippen molar-refractivity contribution in [1.29, 1.82) is 0 Å². The standard InChI is InChI=1S/C11H16N4OS/c1-8-7-17-6-5-15(8)11(16)9-3-2-4-13-10(9)14-12/h2-4,8H,5-7,12H2,1H3,(H,13,14). The van der Waals surface area contributed by atoms with Crippen LogP contribution < -0.4 is 11.3 Å². The molecule has 2 rings (SSSR count). The van der Waals surface area contributed by atoms with E-state index in [9.17, 15) is 4.79 Å². The molecule has 0 saturated carbocycles. The van der Waals surface area contributed by atoms with Crippen LogP contribution >= 0.6 is 11.8 Å². The van der Waals surface area contributed by atoms with E-state index in [-0.39, 0.29) is 11.9 Å². The van der Waals surface area contributed by atoms with Gasteiger partial charge in [-0.05, 0) is 19.1 Å². The van der Waals surface area contributed by atoms with Crippen molar-refractivity contribution in [2.75, 3.05) is 23.5 Å². The van der Waals surface area contributed by atoms with E-state index < -0.39 is 0 Å². The zero-order valence-electron chi connectivity index (χ0n) is 9.72. The second kappa shape index (κ2) is 5.37. The normalized spacial score (nSPS) is 20.1. The first-order valence-corrected chi connectivity index (χ1v) is 6.70. The van der Waals surface area contributed by atoms with Gasteiger partial charge in [0.25, 0.3) is 5.91 Å². The summed E-state index contributed by atoms with van der Waals surface area (Å²) in [6, 6.07) is 3.75. The molecule has 1 saturated heterocycles. The van der Waals surface area contributed by atoms with E-state index in [1.165, 1.54) is 0 Å². The van der Waals surface area contributed by atoms with Crippen molar-refractivity contribution in [2.45, 2.75) is 13.0 Å². The molecule has 0 radical (unpaired) electrons. The summed E-state index contributed by atoms with van der Waals surface area (Å²) in [4.78, 5) is 18.3. The van der Waals surface area contributed by atoms with Gasteiger partial charge in [-0.25, -0.2) is 10.8 Å². The van der Waals surface area contributed by atoms with Gasteiger partial charge in [0.05, 0.1) is 5.56 Å². The van der Waals surface area contributed by atoms with Gasteiger partial charge in [-0.1, -0.05) is 0 Å². The molecule has 2 heterocycles. The highest BCUT2D eigenvalue weighted by Gasteiger charge is 2.26. The second-order valence-corrected chi connectivity index (χ2v) is 5.12. The quantitative estimate of drug-likeness (QED) is 0.605. The molecule has 0 bridgehead atoms. The summed E-state index contributed by atoms with van der Waals surface area (Å²) in [5.41, 5.74) is 3.00. The Kier molecular flexibility index (Phi) is 3.86. The second-order valence-electron chi connectivity index (χ2n) is 3.97. The summed E-state index contributed by atoms with van der Waals surface area (Å²) in [6.07, 6.45) is 1.61. The van der Waals surface area contributed by atoms with E-state index in [0.717, 1.165) is 18.1 Å². The Morgan fingerprint density at radius 2 is 2.53 bits per heavy atom. The number of hydrogen-bond acceptors (Lipinski definition) is 5. The predicted molar refractivity (Wildman–Crippen MR) is 69.9 cm³/mol. The molecule has 1 aliphatic heterocycles. The summed E-state index contributed by atoms with van der Waals surface area (Å²) < 4.78 is 0. The molecular weight excluding hydrogens is 236 g/mol. The molecule has 1 atom stereocenters. The van der Waals surface area contributed by atoms with Crippen LogP contribution in [-0.4, -0.2) is 39.9 Å². The van der Waals surface area contributed by atoms with Crippen molar-refractivity contribution in [3.63, 3.8) is 0 Å². The molecule has 6 heteroatoms. The molecule has 0 aromatic carbocycles. The monoisotopic (exact) mass is 252 g/mol. The lowest BCUT2D eigenvalue weighted by Crippen LogP contribution is -2.44. The van der Waals surface area contributed by atoms with Crippen LogP contribution in [-0.2, 0) is 0 Å². The van der Waals surface area contributed by atoms with Crippen LogP contribution in [0.3, 0.4) is 0 Å². The van der Waals surface area contributed by atoms with E-state index in [2.05, 4.69) is 17.3 Å². The highest BCUT2D eigenvalue weighted by atomic mass is 32.2. The Morgan fingerprint density at radius 3 is 3.24 bits per heavy atom. The van der Waals surface area contributed by atoms with Crippen LogP contribution in [0.4, 0.5) is 5.82 Å². The van der Waals surface area contributed by atoms with Gasteiger partial charge in [0.15, 0.2) is 5.82 Å². The number of nitrogens with zero attached hydrogens (tertiary/aromatic N) is 2. The lowest BCUT2D eigenvalue weighted by atomic mass is 10.2. The topological polar surface area (TPSA) is 71.2 Å². The van der Waals surface area contributed by atoms with Gasteiger partial charge in [-0.3, -0.25) is 4.79 Å². The molecule has 0 spiro atoms. The number of carbonyl (C=O) groups excluding carboxylic acids is 1. The number of rotatable bonds is 2. The maximum atomic E-state index is 12.4. The minimum atomic E-state index is -0.00106. The Morgan fingerprint density at radius 1 is 1.71 bits per heavy atom. The van der Waals surface area contributed by atoms with Crippen LogP contribution in [0.15, 0.2) is 18.3 Å². The molecule has 0 aliphatic carbocycles. The fourth-order valence-electron chi connectivity index (χ4n) is 1.88. The lowest BCUT2D eigenvalue weighted by Gasteiger charge is -2.33. The number of amides is 1. The molecular formula is C11H16N4OS. The summed E-state index contributed by atoms with van der Waals surface area (Å²) in [7, 11) is 0. The summed E-state index contributed by atoms with van der Waals surface area (Å²) in [5.74, 6) is 7.77. The van der Waals surface area contributed by atoms with Crippen molar-refractivity contribution >= 4 is 23.5 Å². The van der Waals surface area contributed by atoms with E-state index in [1.54, 1.807) is 18.3 Å². The molecule has 17 heavy (non-hydrogen) atoms. The predicted octanol–water partition coefficient (Wildman–Crippen LogP) is 0.945. The Bertz CT molecular complexity index is 412. The van der Waals surface area contributed by atoms with Crippen molar-refractivity contribution < 1.29 is 4.79 Å².